The van der Waals surface area contributed by atoms with E-state index in [1.165, 1.54) is 106 Å². The van der Waals surface area contributed by atoms with Gasteiger partial charge in [-0.3, -0.25) is 0 Å². The molecule has 0 spiro atoms. The second-order valence-electron chi connectivity index (χ2n) is 10.4. The van der Waals surface area contributed by atoms with E-state index in [0.717, 1.165) is 10.7 Å². The summed E-state index contributed by atoms with van der Waals surface area (Å²) in [5, 5.41) is 2.28. The first-order valence-corrected chi connectivity index (χ1v) is 15.2. The van der Waals surface area contributed by atoms with Gasteiger partial charge in [-0.25, -0.2) is 0 Å². The summed E-state index contributed by atoms with van der Waals surface area (Å²) in [5.74, 6) is 0. The minimum absolute atomic E-state index is 0. The molecule has 0 aromatic carbocycles. The average Bonchev–Trinajstić information content (AvgIpc) is 2.72. The maximum Gasteiger partial charge on any atom is 0.0784 e. The van der Waals surface area contributed by atoms with Gasteiger partial charge in [-0.05, 0) is 52.7 Å². The quantitative estimate of drug-likeness (QED) is 0.125. The molecule has 0 radical (unpaired) electrons. The van der Waals surface area contributed by atoms with Crippen molar-refractivity contribution in [3.8, 4) is 0 Å². The molecule has 3 nitrogen and oxygen atoms in total. The monoisotopic (exact) mass is 763 g/mol. The summed E-state index contributed by atoms with van der Waals surface area (Å²) in [5.41, 5.74) is 0. The van der Waals surface area contributed by atoms with Crippen LogP contribution >= 0.6 is 31.9 Å². The fraction of sp³-hybridized carbons (Fsp3) is 1.00. The Morgan fingerprint density at radius 2 is 0.800 bits per heavy atom. The number of hydrogen-bond acceptors (Lipinski definition) is 1. The van der Waals surface area contributed by atoms with Crippen LogP contribution in [0.15, 0.2) is 0 Å². The van der Waals surface area contributed by atoms with E-state index < -0.39 is 0 Å². The first-order chi connectivity index (χ1) is 14.5. The van der Waals surface area contributed by atoms with Crippen molar-refractivity contribution in [2.75, 3.05) is 85.7 Å². The van der Waals surface area contributed by atoms with Gasteiger partial charge in [0.1, 0.15) is 0 Å². The van der Waals surface area contributed by atoms with E-state index in [4.69, 9.17) is 0 Å². The fourth-order valence-electron chi connectivity index (χ4n) is 3.14. The topological polar surface area (TPSA) is 3.24 Å². The van der Waals surface area contributed by atoms with Gasteiger partial charge in [-0.2, -0.15) is 0 Å². The maximum absolute atomic E-state index is 3.33. The smallest absolute Gasteiger partial charge is 0.0784 e. The lowest BCUT2D eigenvalue weighted by atomic mass is 10.2. The van der Waals surface area contributed by atoms with Gasteiger partial charge in [0.25, 0.3) is 0 Å². The van der Waals surface area contributed by atoms with Gasteiger partial charge >= 0.3 is 0 Å². The number of quaternary nitrogens is 2. The average molecular weight is 767 g/mol. The van der Waals surface area contributed by atoms with Gasteiger partial charge in [0.2, 0.25) is 0 Å². The molecule has 224 valence electrons. The molecule has 7 heteroatoms. The predicted octanol–water partition coefficient (Wildman–Crippen LogP) is 2.70. The van der Waals surface area contributed by atoms with Crippen molar-refractivity contribution in [1.82, 2.24) is 4.90 Å². The number of hydrogen-bond donors (Lipinski definition) is 0. The molecule has 0 amide bonds. The second-order valence-corrected chi connectivity index (χ2v) is 12.0. The van der Waals surface area contributed by atoms with Crippen LogP contribution in [0.3, 0.4) is 0 Å². The summed E-state index contributed by atoms with van der Waals surface area (Å²) in [6, 6.07) is 0. The largest absolute Gasteiger partial charge is 1.00 e. The molecule has 0 fully saturated rings. The van der Waals surface area contributed by atoms with Gasteiger partial charge in [0.15, 0.2) is 0 Å². The summed E-state index contributed by atoms with van der Waals surface area (Å²) in [4.78, 5) is 2.21. The Morgan fingerprint density at radius 3 is 1.00 bits per heavy atom. The van der Waals surface area contributed by atoms with Gasteiger partial charge in [-0.1, -0.05) is 86.7 Å². The Hall–Kier alpha value is 1.80. The lowest BCUT2D eigenvalue weighted by molar-refractivity contribution is -0.897. The molecule has 0 heterocycles. The van der Waals surface area contributed by atoms with Gasteiger partial charge in [-0.15, -0.1) is 0 Å². The predicted molar refractivity (Wildman–Crippen MR) is 166 cm³/mol. The number of halogens is 4. The molecular weight excluding hydrogens is 698 g/mol. The number of rotatable bonds is 17. The van der Waals surface area contributed by atoms with Crippen molar-refractivity contribution in [2.24, 2.45) is 0 Å². The van der Waals surface area contributed by atoms with Crippen LogP contribution in [0.25, 0.3) is 0 Å². The van der Waals surface area contributed by atoms with Crippen LogP contribution in [0.5, 0.6) is 0 Å². The third-order valence-electron chi connectivity index (χ3n) is 5.49. The molecule has 0 aliphatic rings. The van der Waals surface area contributed by atoms with E-state index in [9.17, 15) is 0 Å². The number of alkyl halides is 2. The Labute approximate surface area is 263 Å². The zero-order chi connectivity index (χ0) is 24.6. The number of nitrogens with zero attached hydrogens (tertiary/aromatic N) is 3. The van der Waals surface area contributed by atoms with Gasteiger partial charge < -0.3 is 47.8 Å². The standard InChI is InChI=1S/C16H38N2.C6H15N.C4H8Br2.2CH4.2BrH/c1-7-9-13-17(3,4)15-11-12-16-18(5,6)14-10-8-2;1-4-5-6-7(2)3;5-3-1-2-4-6;;;;/h7-16H2,1-6H3;4-6H2,1-3H3;1-4H2;2*1H4;2*1H/q+2;;;;;;/p-2. The zero-order valence-corrected chi connectivity index (χ0v) is 30.2. The maximum atomic E-state index is 3.33. The van der Waals surface area contributed by atoms with Crippen molar-refractivity contribution in [3.05, 3.63) is 0 Å². The molecule has 35 heavy (non-hydrogen) atoms. The molecule has 0 unspecified atom stereocenters. The molecule has 0 N–H and O–H groups in total. The van der Waals surface area contributed by atoms with E-state index in [2.05, 4.69) is 99.8 Å². The van der Waals surface area contributed by atoms with E-state index in [0.29, 0.717) is 0 Å². The van der Waals surface area contributed by atoms with Crippen LogP contribution in [0.1, 0.15) is 99.8 Å². The molecule has 0 aromatic heterocycles. The molecule has 0 aliphatic carbocycles. The molecule has 0 saturated carbocycles. The highest BCUT2D eigenvalue weighted by Gasteiger charge is 2.16. The Bertz CT molecular complexity index is 316. The lowest BCUT2D eigenvalue weighted by Gasteiger charge is -2.32. The Morgan fingerprint density at radius 1 is 0.514 bits per heavy atom. The minimum Gasteiger partial charge on any atom is -1.00 e. The third-order valence-corrected chi connectivity index (χ3v) is 6.61. The van der Waals surface area contributed by atoms with E-state index in [1.807, 2.05) is 0 Å². The molecule has 0 aliphatic heterocycles. The van der Waals surface area contributed by atoms with Crippen molar-refractivity contribution >= 4 is 31.9 Å². The zero-order valence-electron chi connectivity index (χ0n) is 23.9. The summed E-state index contributed by atoms with van der Waals surface area (Å²) in [6.45, 7) is 13.4. The molecular formula is C28H69Br4N3. The van der Waals surface area contributed by atoms with Crippen LogP contribution in [0.4, 0.5) is 0 Å². The van der Waals surface area contributed by atoms with E-state index in [1.54, 1.807) is 0 Å². The van der Waals surface area contributed by atoms with Crippen LogP contribution in [0, 0.1) is 0 Å². The molecule has 0 saturated heterocycles. The Kier molecular flexibility index (Phi) is 57.6. The fourth-order valence-corrected chi connectivity index (χ4v) is 3.93. The van der Waals surface area contributed by atoms with Crippen LogP contribution in [-0.2, 0) is 0 Å². The van der Waals surface area contributed by atoms with Gasteiger partial charge in [0, 0.05) is 23.5 Å². The summed E-state index contributed by atoms with van der Waals surface area (Å²) in [6.07, 6.45) is 13.3. The Balaban J connectivity index is -0.0000000777. The van der Waals surface area contributed by atoms with Crippen molar-refractivity contribution < 1.29 is 42.9 Å². The van der Waals surface area contributed by atoms with Gasteiger partial charge in [0.05, 0.1) is 54.4 Å². The van der Waals surface area contributed by atoms with Crippen molar-refractivity contribution in [2.45, 2.75) is 99.8 Å². The molecule has 0 aromatic rings. The van der Waals surface area contributed by atoms with E-state index >= 15 is 0 Å². The second kappa shape index (κ2) is 37.9. The summed E-state index contributed by atoms with van der Waals surface area (Å²) < 4.78 is 2.41. The van der Waals surface area contributed by atoms with E-state index in [-0.39, 0.29) is 48.8 Å². The molecule has 0 atom stereocenters. The number of unbranched alkanes of at least 4 members (excludes halogenated alkanes) is 5. The highest BCUT2D eigenvalue weighted by Crippen LogP contribution is 2.08. The van der Waals surface area contributed by atoms with Crippen LogP contribution in [0.2, 0.25) is 0 Å². The highest BCUT2D eigenvalue weighted by atomic mass is 79.9. The molecule has 0 bridgehead atoms. The summed E-state index contributed by atoms with van der Waals surface area (Å²) in [7, 11) is 13.7. The first-order valence-electron chi connectivity index (χ1n) is 12.9. The SMILES string of the molecule is BrCCCCBr.C.C.CCCCN(C)C.CCCC[N+](C)(C)CCCC[N+](C)(C)CCCC.[Br-].[Br-]. The van der Waals surface area contributed by atoms with Crippen LogP contribution < -0.4 is 34.0 Å². The normalized spacial score (nSPS) is 10.3. The van der Waals surface area contributed by atoms with Crippen molar-refractivity contribution in [3.63, 3.8) is 0 Å². The van der Waals surface area contributed by atoms with Crippen molar-refractivity contribution in [1.29, 1.82) is 0 Å². The van der Waals surface area contributed by atoms with Crippen LogP contribution in [-0.4, -0.2) is 99.5 Å². The molecule has 0 rings (SSSR count). The lowest BCUT2D eigenvalue weighted by Crippen LogP contribution is -3.00. The third kappa shape index (κ3) is 52.9. The minimum atomic E-state index is 0. The first kappa shape index (κ1) is 53.1. The highest BCUT2D eigenvalue weighted by molar-refractivity contribution is 9.09. The summed E-state index contributed by atoms with van der Waals surface area (Å²) >= 11 is 6.66.